The molecule has 116 valence electrons. The lowest BCUT2D eigenvalue weighted by Crippen LogP contribution is -2.36. The average molecular weight is 317 g/mol. The van der Waals surface area contributed by atoms with E-state index in [0.717, 1.165) is 0 Å². The normalized spacial score (nSPS) is 12.1. The molecule has 6 nitrogen and oxygen atoms in total. The van der Waals surface area contributed by atoms with Gasteiger partial charge in [-0.3, -0.25) is 4.79 Å². The van der Waals surface area contributed by atoms with Crippen LogP contribution in [-0.4, -0.2) is 33.1 Å². The van der Waals surface area contributed by atoms with Gasteiger partial charge >= 0.3 is 24.2 Å². The van der Waals surface area contributed by atoms with Crippen LogP contribution in [0.4, 0.5) is 26.3 Å². The first-order chi connectivity index (χ1) is 9.43. The number of carboxylic acid groups (broad SMARTS) is 1. The largest absolute Gasteiger partial charge is 0.478 e. The molecule has 2 N–H and O–H groups in total. The molecule has 1 aromatic rings. The maximum atomic E-state index is 12.6. The zero-order chi connectivity index (χ0) is 16.4. The summed E-state index contributed by atoms with van der Waals surface area (Å²) in [4.78, 5) is 27.0. The van der Waals surface area contributed by atoms with E-state index in [-0.39, 0.29) is 0 Å². The minimum absolute atomic E-state index is 0.299. The van der Waals surface area contributed by atoms with Crippen molar-refractivity contribution >= 4 is 11.9 Å². The quantitative estimate of drug-likeness (QED) is 0.822. The number of nitrogens with one attached hydrogen (secondary N) is 1. The summed E-state index contributed by atoms with van der Waals surface area (Å²) in [5.74, 6) is -5.15. The molecule has 0 spiro atoms. The minimum Gasteiger partial charge on any atom is -0.478 e. The Balaban J connectivity index is 3.02. The molecule has 0 aliphatic rings. The molecular formula is C9H5F6N3O3. The van der Waals surface area contributed by atoms with Gasteiger partial charge in [-0.05, 0) is 0 Å². The van der Waals surface area contributed by atoms with Gasteiger partial charge in [0.05, 0.1) is 6.54 Å². The van der Waals surface area contributed by atoms with Crippen molar-refractivity contribution in [2.45, 2.75) is 18.9 Å². The van der Waals surface area contributed by atoms with Crippen LogP contribution in [0.3, 0.4) is 0 Å². The number of carbonyl (C=O) groups is 2. The summed E-state index contributed by atoms with van der Waals surface area (Å²) < 4.78 is 73.3. The highest BCUT2D eigenvalue weighted by molar-refractivity contribution is 5.88. The molecule has 1 rings (SSSR count). The smallest absolute Gasteiger partial charge is 0.471 e. The predicted molar refractivity (Wildman–Crippen MR) is 51.9 cm³/mol. The van der Waals surface area contributed by atoms with Crippen molar-refractivity contribution in [1.82, 2.24) is 15.3 Å². The lowest BCUT2D eigenvalue weighted by Gasteiger charge is -2.11. The van der Waals surface area contributed by atoms with Gasteiger partial charge in [0.2, 0.25) is 0 Å². The van der Waals surface area contributed by atoms with E-state index in [0.29, 0.717) is 6.20 Å². The van der Waals surface area contributed by atoms with Crippen LogP contribution in [0.1, 0.15) is 21.9 Å². The number of nitrogens with zero attached hydrogens (tertiary/aromatic N) is 2. The van der Waals surface area contributed by atoms with Gasteiger partial charge in [0, 0.05) is 6.20 Å². The van der Waals surface area contributed by atoms with Crippen molar-refractivity contribution in [2.75, 3.05) is 0 Å². The van der Waals surface area contributed by atoms with Crippen molar-refractivity contribution in [3.63, 3.8) is 0 Å². The molecular weight excluding hydrogens is 312 g/mol. The molecule has 1 heterocycles. The van der Waals surface area contributed by atoms with Gasteiger partial charge in [-0.25, -0.2) is 14.8 Å². The summed E-state index contributed by atoms with van der Waals surface area (Å²) in [7, 11) is 0. The molecule has 1 amide bonds. The van der Waals surface area contributed by atoms with E-state index in [9.17, 15) is 35.9 Å². The fourth-order valence-electron chi connectivity index (χ4n) is 1.14. The highest BCUT2D eigenvalue weighted by Crippen LogP contribution is 2.30. The number of rotatable bonds is 3. The first-order valence-corrected chi connectivity index (χ1v) is 4.94. The molecule has 12 heteroatoms. The number of alkyl halides is 6. The molecule has 1 aromatic heterocycles. The molecule has 0 fully saturated rings. The van der Waals surface area contributed by atoms with Gasteiger partial charge < -0.3 is 10.4 Å². The Kier molecular flexibility index (Phi) is 4.39. The molecule has 0 unspecified atom stereocenters. The zero-order valence-corrected chi connectivity index (χ0v) is 9.71. The second kappa shape index (κ2) is 5.54. The van der Waals surface area contributed by atoms with Crippen molar-refractivity contribution in [2.24, 2.45) is 0 Å². The fraction of sp³-hybridized carbons (Fsp3) is 0.333. The van der Waals surface area contributed by atoms with Crippen LogP contribution in [0, 0.1) is 0 Å². The second-order valence-corrected chi connectivity index (χ2v) is 3.53. The van der Waals surface area contributed by atoms with E-state index < -0.39 is 47.9 Å². The number of aromatic carboxylic acids is 1. The molecule has 0 saturated carbocycles. The fourth-order valence-corrected chi connectivity index (χ4v) is 1.14. The molecule has 0 aromatic carbocycles. The molecule has 0 aliphatic heterocycles. The first-order valence-electron chi connectivity index (χ1n) is 4.94. The summed E-state index contributed by atoms with van der Waals surface area (Å²) >= 11 is 0. The Hall–Kier alpha value is -2.40. The number of amides is 1. The molecule has 0 atom stereocenters. The standard InChI is InChI=1S/C9H5F6N3O3/c10-8(11,12)5-3(6(19)20)1-16-4(18-5)2-17-7(21)9(13,14)15/h1H,2H2,(H,17,21)(H,19,20). The number of carboxylic acids is 1. The summed E-state index contributed by atoms with van der Waals surface area (Å²) in [5.41, 5.74) is -3.07. The highest BCUT2D eigenvalue weighted by Gasteiger charge is 2.40. The first kappa shape index (κ1) is 16.7. The van der Waals surface area contributed by atoms with Crippen LogP contribution in [0.25, 0.3) is 0 Å². The van der Waals surface area contributed by atoms with Gasteiger partial charge in [-0.1, -0.05) is 0 Å². The lowest BCUT2D eigenvalue weighted by atomic mass is 10.2. The van der Waals surface area contributed by atoms with Crippen LogP contribution in [0.5, 0.6) is 0 Å². The summed E-state index contributed by atoms with van der Waals surface area (Å²) in [6.45, 7) is -1.04. The summed E-state index contributed by atoms with van der Waals surface area (Å²) in [6.07, 6.45) is -10.1. The van der Waals surface area contributed by atoms with E-state index in [1.165, 1.54) is 5.32 Å². The molecule has 0 aliphatic carbocycles. The van der Waals surface area contributed by atoms with Crippen LogP contribution in [0.2, 0.25) is 0 Å². The Bertz CT molecular complexity index is 569. The molecule has 0 radical (unpaired) electrons. The van der Waals surface area contributed by atoms with Crippen molar-refractivity contribution in [1.29, 1.82) is 0 Å². The Labute approximate surface area is 111 Å². The van der Waals surface area contributed by atoms with Crippen LogP contribution in [-0.2, 0) is 17.5 Å². The number of aromatic nitrogens is 2. The van der Waals surface area contributed by atoms with Gasteiger partial charge in [0.25, 0.3) is 0 Å². The predicted octanol–water partition coefficient (Wildman–Crippen LogP) is 1.37. The minimum atomic E-state index is -5.21. The van der Waals surface area contributed by atoms with E-state index >= 15 is 0 Å². The van der Waals surface area contributed by atoms with Crippen LogP contribution in [0.15, 0.2) is 6.20 Å². The SMILES string of the molecule is O=C(O)c1cnc(CNC(=O)C(F)(F)F)nc1C(F)(F)F. The van der Waals surface area contributed by atoms with Crippen LogP contribution >= 0.6 is 0 Å². The lowest BCUT2D eigenvalue weighted by molar-refractivity contribution is -0.173. The molecule has 0 saturated heterocycles. The Morgan fingerprint density at radius 2 is 1.76 bits per heavy atom. The Morgan fingerprint density at radius 1 is 1.19 bits per heavy atom. The number of hydrogen-bond donors (Lipinski definition) is 2. The number of hydrogen-bond acceptors (Lipinski definition) is 4. The van der Waals surface area contributed by atoms with Gasteiger partial charge in [0.1, 0.15) is 11.4 Å². The van der Waals surface area contributed by atoms with Crippen molar-refractivity contribution in [3.05, 3.63) is 23.3 Å². The average Bonchev–Trinajstić information content (AvgIpc) is 2.33. The third kappa shape index (κ3) is 4.29. The second-order valence-electron chi connectivity index (χ2n) is 3.53. The van der Waals surface area contributed by atoms with Gasteiger partial charge in [-0.2, -0.15) is 26.3 Å². The summed E-state index contributed by atoms with van der Waals surface area (Å²) in [5, 5.41) is 9.81. The molecule has 0 bridgehead atoms. The third-order valence-electron chi connectivity index (χ3n) is 2.00. The molecule has 21 heavy (non-hydrogen) atoms. The highest BCUT2D eigenvalue weighted by atomic mass is 19.4. The van der Waals surface area contributed by atoms with Crippen molar-refractivity contribution in [3.8, 4) is 0 Å². The Morgan fingerprint density at radius 3 is 2.19 bits per heavy atom. The maximum absolute atomic E-state index is 12.6. The topological polar surface area (TPSA) is 92.2 Å². The maximum Gasteiger partial charge on any atom is 0.471 e. The van der Waals surface area contributed by atoms with E-state index in [1.807, 2.05) is 0 Å². The number of halogens is 6. The monoisotopic (exact) mass is 317 g/mol. The summed E-state index contributed by atoms with van der Waals surface area (Å²) in [6, 6.07) is 0. The third-order valence-corrected chi connectivity index (χ3v) is 2.00. The van der Waals surface area contributed by atoms with E-state index in [4.69, 9.17) is 5.11 Å². The van der Waals surface area contributed by atoms with Crippen molar-refractivity contribution < 1.29 is 41.0 Å². The van der Waals surface area contributed by atoms with Gasteiger partial charge in [0.15, 0.2) is 5.69 Å². The zero-order valence-electron chi connectivity index (χ0n) is 9.71. The van der Waals surface area contributed by atoms with Gasteiger partial charge in [-0.15, -0.1) is 0 Å². The van der Waals surface area contributed by atoms with Crippen LogP contribution < -0.4 is 5.32 Å². The van der Waals surface area contributed by atoms with E-state index in [2.05, 4.69) is 9.97 Å². The van der Waals surface area contributed by atoms with E-state index in [1.54, 1.807) is 0 Å². The number of carbonyl (C=O) groups excluding carboxylic acids is 1.